The van der Waals surface area contributed by atoms with E-state index in [9.17, 15) is 0 Å². The second kappa shape index (κ2) is 5.87. The minimum Gasteiger partial charge on any atom is -0.369 e. The van der Waals surface area contributed by atoms with Crippen LogP contribution in [0.1, 0.15) is 17.1 Å². The Morgan fingerprint density at radius 1 is 1.21 bits per heavy atom. The standard InChI is InChI=1S/C11H17N7S/c1-6-7(2)14-10(12)16-9(6)13-4-5-19-11-15-8(3)17-18-11/h4-5H2,1-3H3,(H,15,17,18)(H3,12,13,14,16). The average Bonchev–Trinajstić information content (AvgIpc) is 2.76. The third kappa shape index (κ3) is 3.57. The van der Waals surface area contributed by atoms with Crippen LogP contribution in [0.15, 0.2) is 5.16 Å². The van der Waals surface area contributed by atoms with E-state index >= 15 is 0 Å². The van der Waals surface area contributed by atoms with Crippen molar-refractivity contribution in [2.75, 3.05) is 23.3 Å². The first-order valence-electron chi connectivity index (χ1n) is 5.92. The van der Waals surface area contributed by atoms with Gasteiger partial charge in [-0.3, -0.25) is 5.10 Å². The smallest absolute Gasteiger partial charge is 0.222 e. The van der Waals surface area contributed by atoms with Crippen LogP contribution in [0.25, 0.3) is 0 Å². The molecule has 0 fully saturated rings. The van der Waals surface area contributed by atoms with E-state index in [1.165, 1.54) is 0 Å². The molecule has 2 rings (SSSR count). The molecular weight excluding hydrogens is 262 g/mol. The Kier molecular flexibility index (Phi) is 4.20. The lowest BCUT2D eigenvalue weighted by atomic mass is 10.2. The molecule has 4 N–H and O–H groups in total. The molecule has 0 bridgehead atoms. The lowest BCUT2D eigenvalue weighted by molar-refractivity contribution is 0.968. The van der Waals surface area contributed by atoms with Crippen molar-refractivity contribution in [1.29, 1.82) is 0 Å². The van der Waals surface area contributed by atoms with Crippen LogP contribution in [0.5, 0.6) is 0 Å². The molecule has 0 aliphatic carbocycles. The van der Waals surface area contributed by atoms with Crippen LogP contribution in [-0.2, 0) is 0 Å². The largest absolute Gasteiger partial charge is 0.369 e. The van der Waals surface area contributed by atoms with E-state index in [1.807, 2.05) is 20.8 Å². The number of aromatic amines is 1. The van der Waals surface area contributed by atoms with Crippen LogP contribution in [-0.4, -0.2) is 37.4 Å². The molecule has 0 atom stereocenters. The summed E-state index contributed by atoms with van der Waals surface area (Å²) in [6.45, 7) is 6.53. The van der Waals surface area contributed by atoms with Crippen LogP contribution >= 0.6 is 11.8 Å². The van der Waals surface area contributed by atoms with Crippen LogP contribution in [0.4, 0.5) is 11.8 Å². The molecule has 0 radical (unpaired) electrons. The number of H-pyrrole nitrogens is 1. The van der Waals surface area contributed by atoms with Gasteiger partial charge in [0, 0.05) is 23.6 Å². The average molecular weight is 279 g/mol. The summed E-state index contributed by atoms with van der Waals surface area (Å²) < 4.78 is 0. The Morgan fingerprint density at radius 2 is 2.00 bits per heavy atom. The topological polar surface area (TPSA) is 105 Å². The molecular formula is C11H17N7S. The van der Waals surface area contributed by atoms with Crippen LogP contribution in [0.3, 0.4) is 0 Å². The minimum absolute atomic E-state index is 0.294. The highest BCUT2D eigenvalue weighted by atomic mass is 32.2. The number of hydrogen-bond donors (Lipinski definition) is 3. The van der Waals surface area contributed by atoms with Crippen LogP contribution in [0.2, 0.25) is 0 Å². The molecule has 102 valence electrons. The highest BCUT2D eigenvalue weighted by molar-refractivity contribution is 7.99. The van der Waals surface area contributed by atoms with Gasteiger partial charge in [-0.15, -0.1) is 5.10 Å². The lowest BCUT2D eigenvalue weighted by Crippen LogP contribution is -2.10. The molecule has 0 saturated carbocycles. The van der Waals surface area contributed by atoms with Gasteiger partial charge in [-0.05, 0) is 20.8 Å². The third-order valence-electron chi connectivity index (χ3n) is 2.61. The summed E-state index contributed by atoms with van der Waals surface area (Å²) in [5.41, 5.74) is 7.55. The van der Waals surface area contributed by atoms with Crippen molar-refractivity contribution in [3.63, 3.8) is 0 Å². The van der Waals surface area contributed by atoms with Crippen molar-refractivity contribution < 1.29 is 0 Å². The maximum Gasteiger partial charge on any atom is 0.222 e. The van der Waals surface area contributed by atoms with Crippen molar-refractivity contribution in [1.82, 2.24) is 25.1 Å². The fraction of sp³-hybridized carbons (Fsp3) is 0.455. The van der Waals surface area contributed by atoms with Gasteiger partial charge in [0.05, 0.1) is 0 Å². The Labute approximate surface area is 115 Å². The molecule has 0 aliphatic heterocycles. The summed E-state index contributed by atoms with van der Waals surface area (Å²) in [5, 5.41) is 10.9. The summed E-state index contributed by atoms with van der Waals surface area (Å²) in [5.74, 6) is 2.75. The van der Waals surface area contributed by atoms with Gasteiger partial charge in [0.25, 0.3) is 0 Å². The number of nitrogen functional groups attached to an aromatic ring is 1. The Hall–Kier alpha value is -1.83. The maximum atomic E-state index is 5.63. The molecule has 2 aromatic heterocycles. The number of nitrogens with zero attached hydrogens (tertiary/aromatic N) is 4. The number of aryl methyl sites for hydroxylation is 2. The molecule has 7 nitrogen and oxygen atoms in total. The monoisotopic (exact) mass is 279 g/mol. The molecule has 0 aromatic carbocycles. The van der Waals surface area contributed by atoms with Crippen molar-refractivity contribution in [3.8, 4) is 0 Å². The van der Waals surface area contributed by atoms with Crippen molar-refractivity contribution in [3.05, 3.63) is 17.1 Å². The Morgan fingerprint density at radius 3 is 2.68 bits per heavy atom. The summed E-state index contributed by atoms with van der Waals surface area (Å²) in [6.07, 6.45) is 0. The van der Waals surface area contributed by atoms with E-state index in [0.29, 0.717) is 5.95 Å². The first kappa shape index (κ1) is 13.6. The van der Waals surface area contributed by atoms with Crippen molar-refractivity contribution >= 4 is 23.5 Å². The number of thioether (sulfide) groups is 1. The molecule has 0 saturated heterocycles. The predicted molar refractivity (Wildman–Crippen MR) is 76.3 cm³/mol. The van der Waals surface area contributed by atoms with Gasteiger partial charge >= 0.3 is 0 Å². The second-order valence-corrected chi connectivity index (χ2v) is 5.18. The lowest BCUT2D eigenvalue weighted by Gasteiger charge is -2.10. The van der Waals surface area contributed by atoms with E-state index in [1.54, 1.807) is 11.8 Å². The summed E-state index contributed by atoms with van der Waals surface area (Å²) >= 11 is 1.58. The van der Waals surface area contributed by atoms with Crippen molar-refractivity contribution in [2.45, 2.75) is 25.9 Å². The molecule has 0 spiro atoms. The molecule has 2 aromatic rings. The quantitative estimate of drug-likeness (QED) is 0.559. The van der Waals surface area contributed by atoms with Gasteiger partial charge in [-0.2, -0.15) is 4.98 Å². The molecule has 0 unspecified atom stereocenters. The van der Waals surface area contributed by atoms with Gasteiger partial charge in [-0.1, -0.05) is 11.8 Å². The first-order valence-corrected chi connectivity index (χ1v) is 6.91. The molecule has 0 amide bonds. The van der Waals surface area contributed by atoms with E-state index in [0.717, 1.165) is 40.4 Å². The zero-order chi connectivity index (χ0) is 13.8. The van der Waals surface area contributed by atoms with Gasteiger partial charge in [0.1, 0.15) is 11.6 Å². The summed E-state index contributed by atoms with van der Waals surface area (Å²) in [4.78, 5) is 12.5. The maximum absolute atomic E-state index is 5.63. The molecule has 0 aliphatic rings. The van der Waals surface area contributed by atoms with E-state index in [-0.39, 0.29) is 0 Å². The highest BCUT2D eigenvalue weighted by Gasteiger charge is 2.06. The molecule has 8 heteroatoms. The third-order valence-corrected chi connectivity index (χ3v) is 3.46. The van der Waals surface area contributed by atoms with Crippen LogP contribution in [0, 0.1) is 20.8 Å². The molecule has 19 heavy (non-hydrogen) atoms. The first-order chi connectivity index (χ1) is 9.06. The SMILES string of the molecule is Cc1nc(SCCNc2nc(N)nc(C)c2C)n[nH]1. The van der Waals surface area contributed by atoms with Gasteiger partial charge < -0.3 is 11.1 Å². The zero-order valence-corrected chi connectivity index (χ0v) is 12.0. The van der Waals surface area contributed by atoms with E-state index < -0.39 is 0 Å². The van der Waals surface area contributed by atoms with Crippen LogP contribution < -0.4 is 11.1 Å². The van der Waals surface area contributed by atoms with E-state index in [4.69, 9.17) is 5.73 Å². The number of hydrogen-bond acceptors (Lipinski definition) is 7. The second-order valence-electron chi connectivity index (χ2n) is 4.12. The minimum atomic E-state index is 0.294. The normalized spacial score (nSPS) is 10.7. The zero-order valence-electron chi connectivity index (χ0n) is 11.2. The predicted octanol–water partition coefficient (Wildman–Crippen LogP) is 1.31. The number of anilines is 2. The number of rotatable bonds is 5. The highest BCUT2D eigenvalue weighted by Crippen LogP contribution is 2.16. The molecule has 2 heterocycles. The van der Waals surface area contributed by atoms with E-state index in [2.05, 4.69) is 30.5 Å². The number of nitrogens with one attached hydrogen (secondary N) is 2. The van der Waals surface area contributed by atoms with Gasteiger partial charge in [0.15, 0.2) is 0 Å². The Balaban J connectivity index is 1.86. The number of aromatic nitrogens is 5. The fourth-order valence-corrected chi connectivity index (χ4v) is 2.22. The Bertz CT molecular complexity index is 566. The fourth-order valence-electron chi connectivity index (χ4n) is 1.52. The van der Waals surface area contributed by atoms with Crippen molar-refractivity contribution in [2.24, 2.45) is 0 Å². The van der Waals surface area contributed by atoms with Gasteiger partial charge in [-0.25, -0.2) is 9.97 Å². The van der Waals surface area contributed by atoms with Gasteiger partial charge in [0.2, 0.25) is 11.1 Å². The summed E-state index contributed by atoms with van der Waals surface area (Å²) in [6, 6.07) is 0. The summed E-state index contributed by atoms with van der Waals surface area (Å²) in [7, 11) is 0. The number of nitrogens with two attached hydrogens (primary N) is 1.